The zero-order valence-corrected chi connectivity index (χ0v) is 11.0. The number of carbonyl (C=O) groups is 2. The molecule has 0 radical (unpaired) electrons. The van der Waals surface area contributed by atoms with Crippen LogP contribution in [-0.4, -0.2) is 16.8 Å². The molecule has 2 heterocycles. The number of para-hydroxylation sites is 1. The Kier molecular flexibility index (Phi) is 2.38. The van der Waals surface area contributed by atoms with E-state index in [0.717, 1.165) is 15.8 Å². The van der Waals surface area contributed by atoms with Crippen molar-refractivity contribution in [3.05, 3.63) is 71.8 Å². The van der Waals surface area contributed by atoms with Crippen LogP contribution in [0, 0.1) is 0 Å². The fraction of sp³-hybridized carbons (Fsp3) is 0. The first-order valence-electron chi connectivity index (χ1n) is 6.59. The Hall–Kier alpha value is -3.01. The molecular weight excluding hydrogens is 264 g/mol. The molecule has 0 unspecified atom stereocenters. The standard InChI is InChI=1S/C17H10N2O2/c20-16-12-6-2-3-7-13(12)17(21)19(16)15-10-9-11-5-1-4-8-14(11)18-15/h1-10H. The summed E-state index contributed by atoms with van der Waals surface area (Å²) in [6.07, 6.45) is 0. The smallest absolute Gasteiger partial charge is 0.267 e. The van der Waals surface area contributed by atoms with E-state index in [2.05, 4.69) is 4.98 Å². The zero-order valence-electron chi connectivity index (χ0n) is 11.0. The quantitative estimate of drug-likeness (QED) is 0.641. The Bertz CT molecular complexity index is 867. The molecule has 0 fully saturated rings. The van der Waals surface area contributed by atoms with Crippen molar-refractivity contribution in [3.8, 4) is 0 Å². The summed E-state index contributed by atoms with van der Waals surface area (Å²) in [6, 6.07) is 18.0. The second-order valence-corrected chi connectivity index (χ2v) is 4.85. The SMILES string of the molecule is O=C1c2ccccc2C(=O)N1c1ccc2ccccc2n1. The number of hydrogen-bond acceptors (Lipinski definition) is 3. The van der Waals surface area contributed by atoms with Gasteiger partial charge in [0, 0.05) is 5.39 Å². The average molecular weight is 274 g/mol. The minimum atomic E-state index is -0.321. The third kappa shape index (κ3) is 1.66. The van der Waals surface area contributed by atoms with Crippen molar-refractivity contribution >= 4 is 28.5 Å². The van der Waals surface area contributed by atoms with Crippen LogP contribution in [0.4, 0.5) is 5.82 Å². The van der Waals surface area contributed by atoms with E-state index in [1.807, 2.05) is 30.3 Å². The van der Waals surface area contributed by atoms with Crippen molar-refractivity contribution in [3.63, 3.8) is 0 Å². The highest BCUT2D eigenvalue weighted by Gasteiger charge is 2.37. The minimum absolute atomic E-state index is 0.321. The fourth-order valence-corrected chi connectivity index (χ4v) is 2.58. The first-order chi connectivity index (χ1) is 10.3. The molecule has 1 aliphatic heterocycles. The van der Waals surface area contributed by atoms with Crippen molar-refractivity contribution in [1.29, 1.82) is 0 Å². The molecule has 21 heavy (non-hydrogen) atoms. The molecule has 0 atom stereocenters. The first kappa shape index (κ1) is 11.8. The van der Waals surface area contributed by atoms with Gasteiger partial charge in [-0.3, -0.25) is 9.59 Å². The Labute approximate surface area is 120 Å². The molecule has 100 valence electrons. The van der Waals surface area contributed by atoms with Gasteiger partial charge in [-0.15, -0.1) is 0 Å². The van der Waals surface area contributed by atoms with E-state index in [4.69, 9.17) is 0 Å². The first-order valence-corrected chi connectivity index (χ1v) is 6.59. The zero-order chi connectivity index (χ0) is 14.4. The molecule has 4 heteroatoms. The number of anilines is 1. The summed E-state index contributed by atoms with van der Waals surface area (Å²) in [6.45, 7) is 0. The van der Waals surface area contributed by atoms with E-state index in [1.165, 1.54) is 0 Å². The predicted octanol–water partition coefficient (Wildman–Crippen LogP) is 3.04. The van der Waals surface area contributed by atoms with Crippen LogP contribution in [0.3, 0.4) is 0 Å². The normalized spacial score (nSPS) is 13.8. The molecule has 0 saturated carbocycles. The number of benzene rings is 2. The molecule has 2 aromatic carbocycles. The molecular formula is C17H10N2O2. The van der Waals surface area contributed by atoms with Crippen LogP contribution < -0.4 is 4.90 Å². The Morgan fingerprint density at radius 2 is 1.33 bits per heavy atom. The third-order valence-corrected chi connectivity index (χ3v) is 3.61. The number of amides is 2. The van der Waals surface area contributed by atoms with Crippen LogP contribution in [0.5, 0.6) is 0 Å². The largest absolute Gasteiger partial charge is 0.268 e. The van der Waals surface area contributed by atoms with Crippen LogP contribution in [0.2, 0.25) is 0 Å². The van der Waals surface area contributed by atoms with Crippen LogP contribution in [0.1, 0.15) is 20.7 Å². The summed E-state index contributed by atoms with van der Waals surface area (Å²) in [5.74, 6) is -0.281. The van der Waals surface area contributed by atoms with Gasteiger partial charge < -0.3 is 0 Å². The van der Waals surface area contributed by atoms with Crippen molar-refractivity contribution < 1.29 is 9.59 Å². The van der Waals surface area contributed by atoms with Gasteiger partial charge in [0.15, 0.2) is 0 Å². The number of fused-ring (bicyclic) bond motifs is 2. The lowest BCUT2D eigenvalue weighted by Crippen LogP contribution is -2.30. The van der Waals surface area contributed by atoms with Gasteiger partial charge in [0.1, 0.15) is 5.82 Å². The molecule has 1 aliphatic rings. The van der Waals surface area contributed by atoms with Gasteiger partial charge in [-0.25, -0.2) is 9.88 Å². The molecule has 0 bridgehead atoms. The van der Waals surface area contributed by atoms with E-state index >= 15 is 0 Å². The number of hydrogen-bond donors (Lipinski definition) is 0. The molecule has 0 N–H and O–H groups in total. The number of nitrogens with zero attached hydrogens (tertiary/aromatic N) is 2. The van der Waals surface area contributed by atoms with Gasteiger partial charge in [-0.1, -0.05) is 30.3 Å². The molecule has 4 rings (SSSR count). The van der Waals surface area contributed by atoms with Gasteiger partial charge in [0.05, 0.1) is 16.6 Å². The van der Waals surface area contributed by atoms with Crippen molar-refractivity contribution in [2.45, 2.75) is 0 Å². The summed E-state index contributed by atoms with van der Waals surface area (Å²) in [7, 11) is 0. The van der Waals surface area contributed by atoms with E-state index in [1.54, 1.807) is 30.3 Å². The van der Waals surface area contributed by atoms with Crippen molar-refractivity contribution in [1.82, 2.24) is 4.98 Å². The summed E-state index contributed by atoms with van der Waals surface area (Å²) in [5, 5.41) is 0.970. The van der Waals surface area contributed by atoms with E-state index in [-0.39, 0.29) is 11.8 Å². The Morgan fingerprint density at radius 1 is 0.714 bits per heavy atom. The molecule has 3 aromatic rings. The maximum Gasteiger partial charge on any atom is 0.267 e. The van der Waals surface area contributed by atoms with Gasteiger partial charge >= 0.3 is 0 Å². The van der Waals surface area contributed by atoms with E-state index in [9.17, 15) is 9.59 Å². The molecule has 0 saturated heterocycles. The number of aromatic nitrogens is 1. The van der Waals surface area contributed by atoms with Gasteiger partial charge in [-0.05, 0) is 30.3 Å². The van der Waals surface area contributed by atoms with Crippen molar-refractivity contribution in [2.24, 2.45) is 0 Å². The number of carbonyl (C=O) groups excluding carboxylic acids is 2. The van der Waals surface area contributed by atoms with Crippen LogP contribution in [-0.2, 0) is 0 Å². The highest BCUT2D eigenvalue weighted by atomic mass is 16.2. The van der Waals surface area contributed by atoms with Crippen LogP contribution in [0.25, 0.3) is 10.9 Å². The van der Waals surface area contributed by atoms with Crippen LogP contribution >= 0.6 is 0 Å². The van der Waals surface area contributed by atoms with Gasteiger partial charge in [0.25, 0.3) is 11.8 Å². The summed E-state index contributed by atoms with van der Waals surface area (Å²) in [4.78, 5) is 30.4. The highest BCUT2D eigenvalue weighted by Crippen LogP contribution is 2.28. The average Bonchev–Trinajstić information content (AvgIpc) is 2.79. The lowest BCUT2D eigenvalue weighted by molar-refractivity contribution is 0.0925. The number of pyridine rings is 1. The molecule has 1 aromatic heterocycles. The molecule has 0 aliphatic carbocycles. The molecule has 4 nitrogen and oxygen atoms in total. The number of imide groups is 1. The summed E-state index contributed by atoms with van der Waals surface area (Å²) >= 11 is 0. The second kappa shape index (κ2) is 4.24. The maximum absolute atomic E-state index is 12.4. The van der Waals surface area contributed by atoms with E-state index < -0.39 is 0 Å². The third-order valence-electron chi connectivity index (χ3n) is 3.61. The Morgan fingerprint density at radius 3 is 2.05 bits per heavy atom. The second-order valence-electron chi connectivity index (χ2n) is 4.85. The Balaban J connectivity index is 1.86. The fourth-order valence-electron chi connectivity index (χ4n) is 2.58. The monoisotopic (exact) mass is 274 g/mol. The highest BCUT2D eigenvalue weighted by molar-refractivity contribution is 6.34. The maximum atomic E-state index is 12.4. The summed E-state index contributed by atoms with van der Waals surface area (Å²) in [5.41, 5.74) is 1.61. The molecule has 2 amide bonds. The minimum Gasteiger partial charge on any atom is -0.268 e. The summed E-state index contributed by atoms with van der Waals surface area (Å²) < 4.78 is 0. The van der Waals surface area contributed by atoms with Gasteiger partial charge in [0.2, 0.25) is 0 Å². The lowest BCUT2D eigenvalue weighted by Gasteiger charge is -2.13. The van der Waals surface area contributed by atoms with Crippen molar-refractivity contribution in [2.75, 3.05) is 4.90 Å². The number of rotatable bonds is 1. The van der Waals surface area contributed by atoms with E-state index in [0.29, 0.717) is 16.9 Å². The van der Waals surface area contributed by atoms with Crippen LogP contribution in [0.15, 0.2) is 60.7 Å². The predicted molar refractivity (Wildman–Crippen MR) is 79.3 cm³/mol. The topological polar surface area (TPSA) is 50.3 Å². The van der Waals surface area contributed by atoms with Gasteiger partial charge in [-0.2, -0.15) is 0 Å². The lowest BCUT2D eigenvalue weighted by atomic mass is 10.1. The molecule has 0 spiro atoms.